The number of fused-ring (bicyclic) bond motifs is 2. The van der Waals surface area contributed by atoms with E-state index >= 15 is 0 Å². The standard InChI is InChI=1S/C31H30Cl2N4O3/c1-15-14-39-29-21(15)12-23(36-27(29)20-8-9-34-30(33)26(20)32)22(17-4-5-17)13-35-16(2)19-10-24(38-3)28-25(11-19)40-31(37-28)18-6-7-18/h8-12,15,17-18,22,35H,2,4-7,13-14H2,1,3H3. The van der Waals surface area contributed by atoms with Crippen molar-refractivity contribution < 1.29 is 13.9 Å². The van der Waals surface area contributed by atoms with Crippen LogP contribution in [0.3, 0.4) is 0 Å². The summed E-state index contributed by atoms with van der Waals surface area (Å²) < 4.78 is 17.8. The van der Waals surface area contributed by atoms with Gasteiger partial charge in [0, 0.05) is 58.6 Å². The first-order valence-electron chi connectivity index (χ1n) is 13.8. The minimum atomic E-state index is 0.196. The maximum Gasteiger partial charge on any atom is 0.198 e. The molecule has 2 fully saturated rings. The molecule has 1 aromatic carbocycles. The van der Waals surface area contributed by atoms with Crippen LogP contribution < -0.4 is 14.8 Å². The number of nitrogens with one attached hydrogen (secondary N) is 1. The van der Waals surface area contributed by atoms with Crippen LogP contribution in [0.4, 0.5) is 0 Å². The number of hydrogen-bond donors (Lipinski definition) is 1. The molecule has 206 valence electrons. The second kappa shape index (κ2) is 9.96. The fourth-order valence-electron chi connectivity index (χ4n) is 5.56. The van der Waals surface area contributed by atoms with Crippen LogP contribution in [0.25, 0.3) is 28.1 Å². The van der Waals surface area contributed by atoms with E-state index in [0.717, 1.165) is 69.4 Å². The summed E-state index contributed by atoms with van der Waals surface area (Å²) in [6, 6.07) is 8.03. The lowest BCUT2D eigenvalue weighted by Crippen LogP contribution is -2.22. The SMILES string of the molecule is C=C(NCC(c1cc2c(c(-c3ccnc(Cl)c3Cl)n1)OCC2C)C1CC1)c1cc(OC)c2nc(C3CC3)oc2c1. The molecule has 40 heavy (non-hydrogen) atoms. The van der Waals surface area contributed by atoms with E-state index in [1.54, 1.807) is 13.3 Å². The molecule has 7 nitrogen and oxygen atoms in total. The Hall–Kier alpha value is -3.29. The number of benzene rings is 1. The number of methoxy groups -OCH3 is 1. The van der Waals surface area contributed by atoms with Gasteiger partial charge in [0.05, 0.1) is 18.7 Å². The van der Waals surface area contributed by atoms with Gasteiger partial charge in [-0.3, -0.25) is 0 Å². The summed E-state index contributed by atoms with van der Waals surface area (Å²) >= 11 is 12.9. The van der Waals surface area contributed by atoms with Crippen LogP contribution in [-0.2, 0) is 0 Å². The van der Waals surface area contributed by atoms with Crippen LogP contribution in [0, 0.1) is 5.92 Å². The third kappa shape index (κ3) is 4.59. The molecule has 4 aromatic rings. The molecule has 0 radical (unpaired) electrons. The molecular weight excluding hydrogens is 547 g/mol. The van der Waals surface area contributed by atoms with Gasteiger partial charge in [-0.2, -0.15) is 0 Å². The summed E-state index contributed by atoms with van der Waals surface area (Å²) in [4.78, 5) is 14.0. The van der Waals surface area contributed by atoms with Gasteiger partial charge in [0.2, 0.25) is 0 Å². The van der Waals surface area contributed by atoms with E-state index in [-0.39, 0.29) is 17.0 Å². The van der Waals surface area contributed by atoms with Crippen molar-refractivity contribution in [3.63, 3.8) is 0 Å². The van der Waals surface area contributed by atoms with E-state index in [0.29, 0.717) is 35.8 Å². The average Bonchev–Trinajstić information content (AvgIpc) is 3.90. The zero-order valence-electron chi connectivity index (χ0n) is 22.5. The van der Waals surface area contributed by atoms with Gasteiger partial charge < -0.3 is 19.2 Å². The number of halogens is 2. The van der Waals surface area contributed by atoms with Gasteiger partial charge in [0.15, 0.2) is 17.0 Å². The average molecular weight is 578 g/mol. The Labute approximate surface area is 242 Å². The Kier molecular flexibility index (Phi) is 6.39. The zero-order chi connectivity index (χ0) is 27.5. The lowest BCUT2D eigenvalue weighted by molar-refractivity contribution is 0.337. The molecule has 1 N–H and O–H groups in total. The first kappa shape index (κ1) is 25.7. The van der Waals surface area contributed by atoms with Crippen molar-refractivity contribution in [3.8, 4) is 22.8 Å². The lowest BCUT2D eigenvalue weighted by atomic mass is 9.93. The Morgan fingerprint density at radius 1 is 1.18 bits per heavy atom. The minimum absolute atomic E-state index is 0.196. The normalized spacial score (nSPS) is 18.9. The summed E-state index contributed by atoms with van der Waals surface area (Å²) in [5, 5.41) is 4.24. The van der Waals surface area contributed by atoms with Gasteiger partial charge in [0.1, 0.15) is 22.3 Å². The van der Waals surface area contributed by atoms with Gasteiger partial charge in [-0.25, -0.2) is 15.0 Å². The molecule has 4 heterocycles. The van der Waals surface area contributed by atoms with Crippen molar-refractivity contribution in [2.24, 2.45) is 5.92 Å². The van der Waals surface area contributed by atoms with E-state index in [2.05, 4.69) is 34.9 Å². The second-order valence-electron chi connectivity index (χ2n) is 11.1. The van der Waals surface area contributed by atoms with Crippen molar-refractivity contribution in [3.05, 3.63) is 69.9 Å². The number of nitrogens with zero attached hydrogens (tertiary/aromatic N) is 3. The molecular formula is C31H30Cl2N4O3. The first-order chi connectivity index (χ1) is 19.4. The van der Waals surface area contributed by atoms with Crippen LogP contribution >= 0.6 is 23.2 Å². The van der Waals surface area contributed by atoms with Crippen molar-refractivity contribution in [1.29, 1.82) is 0 Å². The van der Waals surface area contributed by atoms with Crippen LogP contribution in [-0.4, -0.2) is 35.2 Å². The maximum atomic E-state index is 6.60. The van der Waals surface area contributed by atoms with Crippen LogP contribution in [0.5, 0.6) is 11.5 Å². The Bertz CT molecular complexity index is 1640. The summed E-state index contributed by atoms with van der Waals surface area (Å²) in [7, 11) is 1.66. The van der Waals surface area contributed by atoms with Gasteiger partial charge in [-0.05, 0) is 55.9 Å². The zero-order valence-corrected chi connectivity index (χ0v) is 24.0. The highest BCUT2D eigenvalue weighted by Crippen LogP contribution is 2.48. The number of pyridine rings is 2. The molecule has 9 heteroatoms. The predicted molar refractivity (Wildman–Crippen MR) is 156 cm³/mol. The highest BCUT2D eigenvalue weighted by molar-refractivity contribution is 6.43. The maximum absolute atomic E-state index is 6.60. The topological polar surface area (TPSA) is 82.3 Å². The molecule has 2 saturated carbocycles. The number of oxazole rings is 1. The van der Waals surface area contributed by atoms with E-state index in [1.165, 1.54) is 12.8 Å². The number of aromatic nitrogens is 3. The van der Waals surface area contributed by atoms with E-state index in [9.17, 15) is 0 Å². The molecule has 3 aliphatic rings. The Morgan fingerprint density at radius 2 is 2.00 bits per heavy atom. The molecule has 1 aliphatic heterocycles. The fraction of sp³-hybridized carbons (Fsp3) is 0.387. The first-order valence-corrected chi connectivity index (χ1v) is 14.6. The van der Waals surface area contributed by atoms with E-state index in [1.807, 2.05) is 18.2 Å². The van der Waals surface area contributed by atoms with Gasteiger partial charge in [-0.15, -0.1) is 0 Å². The van der Waals surface area contributed by atoms with Crippen molar-refractivity contribution in [2.45, 2.75) is 50.4 Å². The van der Waals surface area contributed by atoms with Crippen molar-refractivity contribution >= 4 is 40.0 Å². The Morgan fingerprint density at radius 3 is 2.75 bits per heavy atom. The quantitative estimate of drug-likeness (QED) is 0.204. The number of ether oxygens (including phenoxy) is 2. The molecule has 0 saturated heterocycles. The molecule has 2 unspecified atom stereocenters. The lowest BCUT2D eigenvalue weighted by Gasteiger charge is -2.21. The summed E-state index contributed by atoms with van der Waals surface area (Å²) in [6.45, 7) is 7.84. The molecule has 0 spiro atoms. The molecule has 0 bridgehead atoms. The van der Waals surface area contributed by atoms with Crippen molar-refractivity contribution in [2.75, 3.05) is 20.3 Å². The summed E-state index contributed by atoms with van der Waals surface area (Å²) in [6.07, 6.45) is 6.25. The summed E-state index contributed by atoms with van der Waals surface area (Å²) in [5.74, 6) is 3.70. The Balaban J connectivity index is 1.19. The molecule has 7 rings (SSSR count). The van der Waals surface area contributed by atoms with Gasteiger partial charge in [-0.1, -0.05) is 36.7 Å². The third-order valence-electron chi connectivity index (χ3n) is 8.21. The van der Waals surface area contributed by atoms with Crippen LogP contribution in [0.2, 0.25) is 10.2 Å². The van der Waals surface area contributed by atoms with Gasteiger partial charge in [0.25, 0.3) is 0 Å². The van der Waals surface area contributed by atoms with E-state index < -0.39 is 0 Å². The third-order valence-corrected chi connectivity index (χ3v) is 8.98. The van der Waals surface area contributed by atoms with Gasteiger partial charge >= 0.3 is 0 Å². The summed E-state index contributed by atoms with van der Waals surface area (Å²) in [5.41, 5.74) is 6.84. The molecule has 3 aromatic heterocycles. The van der Waals surface area contributed by atoms with Crippen LogP contribution in [0.1, 0.15) is 73.1 Å². The molecule has 0 amide bonds. The van der Waals surface area contributed by atoms with Crippen LogP contribution in [0.15, 0.2) is 41.5 Å². The fourth-order valence-corrected chi connectivity index (χ4v) is 5.92. The van der Waals surface area contributed by atoms with E-state index in [4.69, 9.17) is 42.1 Å². The number of hydrogen-bond acceptors (Lipinski definition) is 7. The second-order valence-corrected chi connectivity index (χ2v) is 11.9. The number of rotatable bonds is 9. The minimum Gasteiger partial charge on any atom is -0.494 e. The molecule has 2 aliphatic carbocycles. The van der Waals surface area contributed by atoms with Crippen molar-refractivity contribution in [1.82, 2.24) is 20.3 Å². The monoisotopic (exact) mass is 576 g/mol. The smallest absolute Gasteiger partial charge is 0.198 e. The highest BCUT2D eigenvalue weighted by Gasteiger charge is 2.36. The molecule has 2 atom stereocenters. The largest absolute Gasteiger partial charge is 0.494 e. The highest BCUT2D eigenvalue weighted by atomic mass is 35.5. The predicted octanol–water partition coefficient (Wildman–Crippen LogP) is 7.73.